The summed E-state index contributed by atoms with van der Waals surface area (Å²) in [6, 6.07) is 1.54. The topological polar surface area (TPSA) is 58.6 Å². The van der Waals surface area contributed by atoms with Crippen molar-refractivity contribution >= 4 is 11.7 Å². The second-order valence-electron chi connectivity index (χ2n) is 3.74. The van der Waals surface area contributed by atoms with E-state index >= 15 is 0 Å². The Kier molecular flexibility index (Phi) is 5.95. The number of carbonyl (C=O) groups is 1. The Balaban J connectivity index is 2.54. The van der Waals surface area contributed by atoms with Crippen LogP contribution in [0.4, 0.5) is 14.5 Å². The van der Waals surface area contributed by atoms with Gasteiger partial charge in [0.1, 0.15) is 17.3 Å². The van der Waals surface area contributed by atoms with E-state index in [2.05, 4.69) is 11.9 Å². The summed E-state index contributed by atoms with van der Waals surface area (Å²) in [5.41, 5.74) is -0.778. The average Bonchev–Trinajstić information content (AvgIpc) is 2.35. The summed E-state index contributed by atoms with van der Waals surface area (Å²) in [6.07, 6.45) is 2.41. The van der Waals surface area contributed by atoms with Gasteiger partial charge in [-0.05, 0) is 18.6 Å². The van der Waals surface area contributed by atoms with Crippen LogP contribution in [0.5, 0.6) is 0 Å². The summed E-state index contributed by atoms with van der Waals surface area (Å²) in [7, 11) is 0. The van der Waals surface area contributed by atoms with Gasteiger partial charge < -0.3 is 15.2 Å². The minimum Gasteiger partial charge on any atom is -0.478 e. The maximum Gasteiger partial charge on any atom is 0.335 e. The molecule has 2 N–H and O–H groups in total. The van der Waals surface area contributed by atoms with Crippen molar-refractivity contribution in [3.05, 3.63) is 42.0 Å². The lowest BCUT2D eigenvalue weighted by Crippen LogP contribution is -2.13. The maximum absolute atomic E-state index is 13.5. The number of benzene rings is 1. The summed E-state index contributed by atoms with van der Waals surface area (Å²) < 4.78 is 32.1. The summed E-state index contributed by atoms with van der Waals surface area (Å²) >= 11 is 0. The Morgan fingerprint density at radius 2 is 2.00 bits per heavy atom. The molecule has 0 aliphatic carbocycles. The zero-order valence-electron chi connectivity index (χ0n) is 10.3. The first-order chi connectivity index (χ1) is 9.06. The molecule has 0 saturated carbocycles. The van der Waals surface area contributed by atoms with Crippen molar-refractivity contribution in [2.75, 3.05) is 25.1 Å². The fourth-order valence-electron chi connectivity index (χ4n) is 1.38. The molecular weight excluding hydrogens is 256 g/mol. The van der Waals surface area contributed by atoms with E-state index in [1.54, 1.807) is 6.08 Å². The van der Waals surface area contributed by atoms with Crippen molar-refractivity contribution in [3.63, 3.8) is 0 Å². The Labute approximate surface area is 109 Å². The molecular formula is C13H15F2NO3. The highest BCUT2D eigenvalue weighted by Gasteiger charge is 2.14. The van der Waals surface area contributed by atoms with Gasteiger partial charge in [-0.3, -0.25) is 0 Å². The fraction of sp³-hybridized carbons (Fsp3) is 0.308. The molecule has 0 bridgehead atoms. The van der Waals surface area contributed by atoms with Gasteiger partial charge in [0.2, 0.25) is 0 Å². The molecule has 0 fully saturated rings. The number of hydrogen-bond acceptors (Lipinski definition) is 3. The van der Waals surface area contributed by atoms with E-state index in [4.69, 9.17) is 9.84 Å². The molecule has 6 heteroatoms. The molecule has 0 aliphatic heterocycles. The van der Waals surface area contributed by atoms with E-state index < -0.39 is 23.2 Å². The van der Waals surface area contributed by atoms with Crippen LogP contribution < -0.4 is 5.32 Å². The Bertz CT molecular complexity index is 440. The van der Waals surface area contributed by atoms with Gasteiger partial charge in [0, 0.05) is 6.54 Å². The standard InChI is InChI=1S/C13H15F2NO3/c1-2-3-5-19-6-4-16-12-10(14)7-9(13(17)18)8-11(12)15/h2,7-8,16H,1,3-6H2,(H,17,18). The van der Waals surface area contributed by atoms with Crippen LogP contribution in [-0.2, 0) is 4.74 Å². The number of halogens is 2. The van der Waals surface area contributed by atoms with Crippen LogP contribution in [0.2, 0.25) is 0 Å². The highest BCUT2D eigenvalue weighted by molar-refractivity contribution is 5.88. The zero-order chi connectivity index (χ0) is 14.3. The first-order valence-corrected chi connectivity index (χ1v) is 5.71. The first-order valence-electron chi connectivity index (χ1n) is 5.71. The summed E-state index contributed by atoms with van der Waals surface area (Å²) in [4.78, 5) is 10.6. The van der Waals surface area contributed by atoms with Crippen molar-refractivity contribution in [1.29, 1.82) is 0 Å². The van der Waals surface area contributed by atoms with E-state index in [1.807, 2.05) is 0 Å². The van der Waals surface area contributed by atoms with Crippen LogP contribution in [0.15, 0.2) is 24.8 Å². The van der Waals surface area contributed by atoms with Crippen molar-refractivity contribution in [1.82, 2.24) is 0 Å². The van der Waals surface area contributed by atoms with Crippen LogP contribution >= 0.6 is 0 Å². The molecule has 0 heterocycles. The van der Waals surface area contributed by atoms with E-state index in [9.17, 15) is 13.6 Å². The minimum atomic E-state index is -1.38. The lowest BCUT2D eigenvalue weighted by molar-refractivity contribution is 0.0695. The Morgan fingerprint density at radius 1 is 1.37 bits per heavy atom. The van der Waals surface area contributed by atoms with E-state index in [1.165, 1.54) is 0 Å². The third-order valence-electron chi connectivity index (χ3n) is 2.30. The Hall–Kier alpha value is -1.95. The third-order valence-corrected chi connectivity index (χ3v) is 2.30. The zero-order valence-corrected chi connectivity index (χ0v) is 10.3. The lowest BCUT2D eigenvalue weighted by atomic mass is 10.2. The van der Waals surface area contributed by atoms with E-state index in [0.717, 1.165) is 12.1 Å². The van der Waals surface area contributed by atoms with Gasteiger partial charge >= 0.3 is 5.97 Å². The van der Waals surface area contributed by atoms with Gasteiger partial charge in [-0.15, -0.1) is 6.58 Å². The van der Waals surface area contributed by atoms with Crippen LogP contribution in [0, 0.1) is 11.6 Å². The SMILES string of the molecule is C=CCCOCCNc1c(F)cc(C(=O)O)cc1F. The molecule has 1 rings (SSSR count). The highest BCUT2D eigenvalue weighted by Crippen LogP contribution is 2.20. The summed E-state index contributed by atoms with van der Waals surface area (Å²) in [5.74, 6) is -3.26. The fourth-order valence-corrected chi connectivity index (χ4v) is 1.38. The quantitative estimate of drug-likeness (QED) is 0.563. The second-order valence-corrected chi connectivity index (χ2v) is 3.74. The third kappa shape index (κ3) is 4.67. The molecule has 0 aromatic heterocycles. The maximum atomic E-state index is 13.5. The minimum absolute atomic E-state index is 0.220. The number of carboxylic acids is 1. The average molecular weight is 271 g/mol. The van der Waals surface area contributed by atoms with E-state index in [0.29, 0.717) is 13.0 Å². The molecule has 104 valence electrons. The van der Waals surface area contributed by atoms with Gasteiger partial charge in [-0.1, -0.05) is 6.08 Å². The molecule has 0 amide bonds. The van der Waals surface area contributed by atoms with Gasteiger partial charge in [-0.2, -0.15) is 0 Å². The predicted molar refractivity (Wildman–Crippen MR) is 67.4 cm³/mol. The van der Waals surface area contributed by atoms with Crippen LogP contribution in [-0.4, -0.2) is 30.8 Å². The van der Waals surface area contributed by atoms with Gasteiger partial charge in [0.05, 0.1) is 18.8 Å². The van der Waals surface area contributed by atoms with Crippen molar-refractivity contribution in [3.8, 4) is 0 Å². The number of hydrogen-bond donors (Lipinski definition) is 2. The summed E-state index contributed by atoms with van der Waals surface area (Å²) in [5, 5.41) is 11.2. The van der Waals surface area contributed by atoms with Crippen LogP contribution in [0.3, 0.4) is 0 Å². The van der Waals surface area contributed by atoms with Gasteiger partial charge in [0.25, 0.3) is 0 Å². The van der Waals surface area contributed by atoms with Crippen LogP contribution in [0.25, 0.3) is 0 Å². The lowest BCUT2D eigenvalue weighted by Gasteiger charge is -2.09. The molecule has 0 saturated heterocycles. The van der Waals surface area contributed by atoms with Crippen molar-refractivity contribution < 1.29 is 23.4 Å². The highest BCUT2D eigenvalue weighted by atomic mass is 19.1. The molecule has 1 aromatic rings. The first kappa shape index (κ1) is 15.1. The molecule has 0 unspecified atom stereocenters. The molecule has 0 spiro atoms. The predicted octanol–water partition coefficient (Wildman–Crippen LogP) is 2.67. The molecule has 1 aromatic carbocycles. The molecule has 0 radical (unpaired) electrons. The number of aromatic carboxylic acids is 1. The largest absolute Gasteiger partial charge is 0.478 e. The van der Waals surface area contributed by atoms with E-state index in [-0.39, 0.29) is 18.8 Å². The normalized spacial score (nSPS) is 10.2. The van der Waals surface area contributed by atoms with Gasteiger partial charge in [0.15, 0.2) is 0 Å². The molecule has 19 heavy (non-hydrogen) atoms. The number of anilines is 1. The monoisotopic (exact) mass is 271 g/mol. The Morgan fingerprint density at radius 3 is 2.53 bits per heavy atom. The van der Waals surface area contributed by atoms with Crippen LogP contribution in [0.1, 0.15) is 16.8 Å². The van der Waals surface area contributed by atoms with Crippen molar-refractivity contribution in [2.45, 2.75) is 6.42 Å². The number of rotatable bonds is 8. The second kappa shape index (κ2) is 7.48. The summed E-state index contributed by atoms with van der Waals surface area (Å²) in [6.45, 7) is 4.53. The molecule has 4 nitrogen and oxygen atoms in total. The number of nitrogens with one attached hydrogen (secondary N) is 1. The number of ether oxygens (including phenoxy) is 1. The van der Waals surface area contributed by atoms with Crippen molar-refractivity contribution in [2.24, 2.45) is 0 Å². The number of carboxylic acid groups (broad SMARTS) is 1. The molecule has 0 atom stereocenters. The van der Waals surface area contributed by atoms with Gasteiger partial charge in [-0.25, -0.2) is 13.6 Å². The molecule has 0 aliphatic rings. The smallest absolute Gasteiger partial charge is 0.335 e.